The van der Waals surface area contributed by atoms with Crippen molar-refractivity contribution in [1.82, 2.24) is 0 Å². The molecular formula is C25H25NO3. The predicted molar refractivity (Wildman–Crippen MR) is 117 cm³/mol. The Morgan fingerprint density at radius 1 is 0.931 bits per heavy atom. The summed E-state index contributed by atoms with van der Waals surface area (Å²) in [5.74, 6) is 1.11. The second kappa shape index (κ2) is 9.60. The second-order valence-electron chi connectivity index (χ2n) is 6.76. The van der Waals surface area contributed by atoms with Gasteiger partial charge >= 0.3 is 0 Å². The molecule has 0 aliphatic carbocycles. The summed E-state index contributed by atoms with van der Waals surface area (Å²) in [6.45, 7) is 4.49. The number of aryl methyl sites for hydroxylation is 2. The summed E-state index contributed by atoms with van der Waals surface area (Å²) in [6, 6.07) is 21.4. The van der Waals surface area contributed by atoms with Gasteiger partial charge in [0.15, 0.2) is 11.5 Å². The number of carbonyl (C=O) groups excluding carboxylic acids is 1. The van der Waals surface area contributed by atoms with Crippen molar-refractivity contribution in [2.24, 2.45) is 0 Å². The predicted octanol–water partition coefficient (Wildman–Crippen LogP) is 5.54. The second-order valence-corrected chi connectivity index (χ2v) is 6.76. The average Bonchev–Trinajstić information content (AvgIpc) is 2.73. The van der Waals surface area contributed by atoms with Crippen LogP contribution in [0.2, 0.25) is 0 Å². The van der Waals surface area contributed by atoms with Crippen LogP contribution in [-0.2, 0) is 11.4 Å². The minimum absolute atomic E-state index is 0.182. The fourth-order valence-corrected chi connectivity index (χ4v) is 2.89. The molecule has 0 spiro atoms. The molecule has 0 saturated carbocycles. The lowest BCUT2D eigenvalue weighted by Gasteiger charge is -2.12. The van der Waals surface area contributed by atoms with Crippen molar-refractivity contribution in [3.8, 4) is 11.5 Å². The first-order valence-electron chi connectivity index (χ1n) is 9.47. The van der Waals surface area contributed by atoms with E-state index in [9.17, 15) is 4.79 Å². The number of hydrogen-bond donors (Lipinski definition) is 1. The van der Waals surface area contributed by atoms with E-state index in [0.717, 1.165) is 22.4 Å². The Kier molecular flexibility index (Phi) is 6.69. The van der Waals surface area contributed by atoms with Gasteiger partial charge in [-0.2, -0.15) is 0 Å². The zero-order valence-electron chi connectivity index (χ0n) is 16.9. The third kappa shape index (κ3) is 5.48. The van der Waals surface area contributed by atoms with Gasteiger partial charge in [-0.15, -0.1) is 0 Å². The first-order chi connectivity index (χ1) is 14.1. The summed E-state index contributed by atoms with van der Waals surface area (Å²) >= 11 is 0. The Hall–Kier alpha value is -3.53. The maximum absolute atomic E-state index is 12.2. The van der Waals surface area contributed by atoms with Crippen molar-refractivity contribution >= 4 is 17.7 Å². The van der Waals surface area contributed by atoms with Crippen molar-refractivity contribution in [2.45, 2.75) is 20.5 Å². The van der Waals surface area contributed by atoms with Crippen LogP contribution in [0.4, 0.5) is 5.69 Å². The smallest absolute Gasteiger partial charge is 0.248 e. The Morgan fingerprint density at radius 3 is 2.38 bits per heavy atom. The average molecular weight is 387 g/mol. The molecule has 3 aromatic rings. The van der Waals surface area contributed by atoms with Gasteiger partial charge in [-0.05, 0) is 60.4 Å². The van der Waals surface area contributed by atoms with Gasteiger partial charge in [0.2, 0.25) is 5.91 Å². The lowest BCUT2D eigenvalue weighted by atomic mass is 10.1. The summed E-state index contributed by atoms with van der Waals surface area (Å²) in [6.07, 6.45) is 3.26. The van der Waals surface area contributed by atoms with E-state index in [1.807, 2.05) is 67.6 Å². The van der Waals surface area contributed by atoms with Crippen LogP contribution >= 0.6 is 0 Å². The lowest BCUT2D eigenvalue weighted by Crippen LogP contribution is -2.08. The minimum Gasteiger partial charge on any atom is -0.493 e. The number of para-hydroxylation sites is 1. The largest absolute Gasteiger partial charge is 0.493 e. The summed E-state index contributed by atoms with van der Waals surface area (Å²) in [7, 11) is 1.61. The molecule has 0 saturated heterocycles. The van der Waals surface area contributed by atoms with Crippen LogP contribution in [0.3, 0.4) is 0 Å². The van der Waals surface area contributed by atoms with Gasteiger partial charge < -0.3 is 14.8 Å². The molecule has 0 aliphatic heterocycles. The van der Waals surface area contributed by atoms with Crippen molar-refractivity contribution < 1.29 is 14.3 Å². The SMILES string of the molecule is COc1cc(C=CC(=O)Nc2ccccc2C)ccc1OCc1ccccc1C. The number of benzene rings is 3. The van der Waals surface area contributed by atoms with Crippen LogP contribution in [-0.4, -0.2) is 13.0 Å². The van der Waals surface area contributed by atoms with Crippen LogP contribution < -0.4 is 14.8 Å². The molecular weight excluding hydrogens is 362 g/mol. The highest BCUT2D eigenvalue weighted by atomic mass is 16.5. The van der Waals surface area contributed by atoms with E-state index in [1.54, 1.807) is 13.2 Å². The van der Waals surface area contributed by atoms with E-state index >= 15 is 0 Å². The van der Waals surface area contributed by atoms with Gasteiger partial charge in [0, 0.05) is 11.8 Å². The Balaban J connectivity index is 1.66. The number of rotatable bonds is 7. The van der Waals surface area contributed by atoms with Crippen LogP contribution in [0.15, 0.2) is 72.8 Å². The molecule has 0 radical (unpaired) electrons. The molecule has 29 heavy (non-hydrogen) atoms. The molecule has 4 nitrogen and oxygen atoms in total. The van der Waals surface area contributed by atoms with E-state index in [4.69, 9.17) is 9.47 Å². The summed E-state index contributed by atoms with van der Waals surface area (Å²) in [4.78, 5) is 12.2. The van der Waals surface area contributed by atoms with Crippen molar-refractivity contribution in [1.29, 1.82) is 0 Å². The molecule has 4 heteroatoms. The molecule has 0 aromatic heterocycles. The first-order valence-corrected chi connectivity index (χ1v) is 9.47. The monoisotopic (exact) mass is 387 g/mol. The summed E-state index contributed by atoms with van der Waals surface area (Å²) in [5, 5.41) is 2.88. The topological polar surface area (TPSA) is 47.6 Å². The molecule has 1 amide bonds. The number of hydrogen-bond acceptors (Lipinski definition) is 3. The lowest BCUT2D eigenvalue weighted by molar-refractivity contribution is -0.111. The van der Waals surface area contributed by atoms with Crippen LogP contribution in [0, 0.1) is 13.8 Å². The van der Waals surface area contributed by atoms with Crippen LogP contribution in [0.25, 0.3) is 6.08 Å². The van der Waals surface area contributed by atoms with Crippen molar-refractivity contribution in [3.05, 3.63) is 95.1 Å². The van der Waals surface area contributed by atoms with E-state index in [1.165, 1.54) is 11.6 Å². The fourth-order valence-electron chi connectivity index (χ4n) is 2.89. The Morgan fingerprint density at radius 2 is 1.66 bits per heavy atom. The van der Waals surface area contributed by atoms with Gasteiger partial charge in [-0.1, -0.05) is 48.5 Å². The van der Waals surface area contributed by atoms with Gasteiger partial charge in [-0.25, -0.2) is 0 Å². The zero-order chi connectivity index (χ0) is 20.6. The van der Waals surface area contributed by atoms with Gasteiger partial charge in [0.05, 0.1) is 7.11 Å². The Labute approximate surface area is 171 Å². The van der Waals surface area contributed by atoms with E-state index < -0.39 is 0 Å². The van der Waals surface area contributed by atoms with E-state index in [0.29, 0.717) is 18.1 Å². The van der Waals surface area contributed by atoms with Gasteiger partial charge in [0.25, 0.3) is 0 Å². The zero-order valence-corrected chi connectivity index (χ0v) is 16.9. The standard InChI is InChI=1S/C25H25NO3/c1-18-8-4-6-10-21(18)17-29-23-14-12-20(16-24(23)28-3)13-15-25(27)26-22-11-7-5-9-19(22)2/h4-16H,17H2,1-3H3,(H,26,27). The third-order valence-corrected chi connectivity index (χ3v) is 4.66. The molecule has 0 aliphatic rings. The van der Waals surface area contributed by atoms with Crippen molar-refractivity contribution in [2.75, 3.05) is 12.4 Å². The molecule has 3 aromatic carbocycles. The van der Waals surface area contributed by atoms with Gasteiger partial charge in [-0.3, -0.25) is 4.79 Å². The molecule has 0 unspecified atom stereocenters. The number of methoxy groups -OCH3 is 1. The molecule has 0 heterocycles. The maximum Gasteiger partial charge on any atom is 0.248 e. The molecule has 0 atom stereocenters. The molecule has 0 bridgehead atoms. The quantitative estimate of drug-likeness (QED) is 0.541. The fraction of sp³-hybridized carbons (Fsp3) is 0.160. The Bertz CT molecular complexity index is 1020. The summed E-state index contributed by atoms with van der Waals surface area (Å²) in [5.41, 5.74) is 4.99. The highest BCUT2D eigenvalue weighted by Gasteiger charge is 2.07. The number of ether oxygens (including phenoxy) is 2. The maximum atomic E-state index is 12.2. The minimum atomic E-state index is -0.182. The first kappa shape index (κ1) is 20.2. The third-order valence-electron chi connectivity index (χ3n) is 4.66. The van der Waals surface area contributed by atoms with Crippen LogP contribution in [0.1, 0.15) is 22.3 Å². The van der Waals surface area contributed by atoms with Crippen molar-refractivity contribution in [3.63, 3.8) is 0 Å². The highest BCUT2D eigenvalue weighted by Crippen LogP contribution is 2.29. The van der Waals surface area contributed by atoms with Crippen LogP contribution in [0.5, 0.6) is 11.5 Å². The molecule has 1 N–H and O–H groups in total. The number of anilines is 1. The van der Waals surface area contributed by atoms with E-state index in [2.05, 4.69) is 18.3 Å². The number of carbonyl (C=O) groups is 1. The molecule has 0 fully saturated rings. The number of amides is 1. The summed E-state index contributed by atoms with van der Waals surface area (Å²) < 4.78 is 11.4. The molecule has 3 rings (SSSR count). The molecule has 148 valence electrons. The highest BCUT2D eigenvalue weighted by molar-refractivity contribution is 6.02. The normalized spacial score (nSPS) is 10.7. The van der Waals surface area contributed by atoms with E-state index in [-0.39, 0.29) is 5.91 Å². The number of nitrogens with one attached hydrogen (secondary N) is 1. The van der Waals surface area contributed by atoms with Gasteiger partial charge in [0.1, 0.15) is 6.61 Å².